The molecule has 1 aromatic carbocycles. The van der Waals surface area contributed by atoms with Crippen molar-refractivity contribution in [3.8, 4) is 0 Å². The van der Waals surface area contributed by atoms with Crippen molar-refractivity contribution in [2.75, 3.05) is 13.1 Å². The Bertz CT molecular complexity index is 557. The Kier molecular flexibility index (Phi) is 5.65. The summed E-state index contributed by atoms with van der Waals surface area (Å²) in [6, 6.07) is 1.27. The Morgan fingerprint density at radius 2 is 1.67 bits per heavy atom. The fourth-order valence-electron chi connectivity index (χ4n) is 1.46. The van der Waals surface area contributed by atoms with Gasteiger partial charge in [-0.25, -0.2) is 8.42 Å². The molecule has 18 heavy (non-hydrogen) atoms. The van der Waals surface area contributed by atoms with Gasteiger partial charge in [-0.15, -0.1) is 12.6 Å². The van der Waals surface area contributed by atoms with Gasteiger partial charge >= 0.3 is 0 Å². The maximum atomic E-state index is 12.3. The van der Waals surface area contributed by atoms with Gasteiger partial charge in [0.25, 0.3) is 0 Å². The summed E-state index contributed by atoms with van der Waals surface area (Å²) >= 11 is 21.7. The van der Waals surface area contributed by atoms with Crippen molar-refractivity contribution in [3.05, 3.63) is 21.1 Å². The van der Waals surface area contributed by atoms with E-state index < -0.39 is 10.0 Å². The number of nitrogens with zero attached hydrogens (tertiary/aromatic N) is 1. The Labute approximate surface area is 127 Å². The monoisotopic (exact) mass is 347 g/mol. The average molecular weight is 349 g/mol. The molecule has 0 heterocycles. The first-order valence-corrected chi connectivity index (χ1v) is 8.16. The highest BCUT2D eigenvalue weighted by Gasteiger charge is 2.27. The van der Waals surface area contributed by atoms with Crippen molar-refractivity contribution in [1.29, 1.82) is 0 Å². The molecule has 3 nitrogen and oxygen atoms in total. The van der Waals surface area contributed by atoms with Gasteiger partial charge in [-0.1, -0.05) is 48.7 Å². The first-order chi connectivity index (χ1) is 8.27. The van der Waals surface area contributed by atoms with Crippen LogP contribution in [0.4, 0.5) is 0 Å². The Hall–Kier alpha value is 0.350. The number of sulfonamides is 1. The standard InChI is InChI=1S/C10H12Cl3NO2S2/c1-3-14(4-2)18(15,16)7-5-6(11)8(12)9(13)10(7)17/h5,17H,3-4H2,1-2H3. The van der Waals surface area contributed by atoms with Gasteiger partial charge in [-0.05, 0) is 6.07 Å². The van der Waals surface area contributed by atoms with Crippen LogP contribution in [0.1, 0.15) is 13.8 Å². The lowest BCUT2D eigenvalue weighted by Gasteiger charge is -2.20. The molecule has 0 aliphatic rings. The molecule has 0 atom stereocenters. The number of rotatable bonds is 4. The second-order valence-corrected chi connectivity index (χ2v) is 6.94. The second-order valence-electron chi connectivity index (χ2n) is 3.42. The van der Waals surface area contributed by atoms with Crippen LogP contribution >= 0.6 is 47.4 Å². The summed E-state index contributed by atoms with van der Waals surface area (Å²) in [4.78, 5) is 0.0758. The molecule has 0 N–H and O–H groups in total. The van der Waals surface area contributed by atoms with Crippen molar-refractivity contribution < 1.29 is 8.42 Å². The molecule has 0 spiro atoms. The van der Waals surface area contributed by atoms with Gasteiger partial charge in [-0.3, -0.25) is 0 Å². The summed E-state index contributed by atoms with van der Waals surface area (Å²) < 4.78 is 26.0. The molecule has 0 unspecified atom stereocenters. The third kappa shape index (κ3) is 2.92. The fourth-order valence-corrected chi connectivity index (χ4v) is 4.35. The van der Waals surface area contributed by atoms with Crippen LogP contribution in [0.2, 0.25) is 15.1 Å². The lowest BCUT2D eigenvalue weighted by Crippen LogP contribution is -2.31. The van der Waals surface area contributed by atoms with Crippen LogP contribution in [0.25, 0.3) is 0 Å². The third-order valence-electron chi connectivity index (χ3n) is 2.42. The third-order valence-corrected chi connectivity index (χ3v) is 6.51. The summed E-state index contributed by atoms with van der Waals surface area (Å²) in [7, 11) is -3.66. The summed E-state index contributed by atoms with van der Waals surface area (Å²) in [5.41, 5.74) is 0. The molecule has 0 fully saturated rings. The van der Waals surface area contributed by atoms with E-state index in [1.165, 1.54) is 10.4 Å². The van der Waals surface area contributed by atoms with E-state index in [9.17, 15) is 8.42 Å². The summed E-state index contributed by atoms with van der Waals surface area (Å²) in [5.74, 6) is 0. The van der Waals surface area contributed by atoms with Crippen molar-refractivity contribution in [3.63, 3.8) is 0 Å². The predicted octanol–water partition coefficient (Wildman–Crippen LogP) is 3.97. The molecule has 0 saturated carbocycles. The van der Waals surface area contributed by atoms with Crippen LogP contribution < -0.4 is 0 Å². The maximum Gasteiger partial charge on any atom is 0.244 e. The van der Waals surface area contributed by atoms with Crippen LogP contribution in [-0.2, 0) is 10.0 Å². The zero-order valence-electron chi connectivity index (χ0n) is 9.74. The quantitative estimate of drug-likeness (QED) is 0.660. The van der Waals surface area contributed by atoms with E-state index in [1.807, 2.05) is 0 Å². The summed E-state index contributed by atoms with van der Waals surface area (Å²) in [5, 5.41) is 0.227. The minimum atomic E-state index is -3.66. The lowest BCUT2D eigenvalue weighted by atomic mass is 10.3. The number of hydrogen-bond acceptors (Lipinski definition) is 3. The first-order valence-electron chi connectivity index (χ1n) is 5.13. The van der Waals surface area contributed by atoms with Crippen molar-refractivity contribution in [2.24, 2.45) is 0 Å². The van der Waals surface area contributed by atoms with E-state index in [-0.39, 0.29) is 24.9 Å². The molecule has 8 heteroatoms. The van der Waals surface area contributed by atoms with E-state index in [4.69, 9.17) is 34.8 Å². The lowest BCUT2D eigenvalue weighted by molar-refractivity contribution is 0.444. The Balaban J connectivity index is 3.52. The van der Waals surface area contributed by atoms with Gasteiger partial charge in [0.1, 0.15) is 0 Å². The number of hydrogen-bond donors (Lipinski definition) is 1. The highest BCUT2D eigenvalue weighted by atomic mass is 35.5. The van der Waals surface area contributed by atoms with Crippen LogP contribution in [-0.4, -0.2) is 25.8 Å². The van der Waals surface area contributed by atoms with Crippen molar-refractivity contribution >= 4 is 57.5 Å². The Morgan fingerprint density at radius 3 is 2.11 bits per heavy atom. The maximum absolute atomic E-state index is 12.3. The SMILES string of the molecule is CCN(CC)S(=O)(=O)c1cc(Cl)c(Cl)c(Cl)c1S. The molecule has 0 aromatic heterocycles. The molecule has 1 rings (SSSR count). The summed E-state index contributed by atoms with van der Waals surface area (Å²) in [6.45, 7) is 4.20. The second kappa shape index (κ2) is 6.20. The minimum absolute atomic E-state index is 0.0334. The van der Waals surface area contributed by atoms with Crippen LogP contribution in [0, 0.1) is 0 Å². The van der Waals surface area contributed by atoms with Gasteiger partial charge < -0.3 is 0 Å². The fraction of sp³-hybridized carbons (Fsp3) is 0.400. The van der Waals surface area contributed by atoms with E-state index in [1.54, 1.807) is 13.8 Å². The average Bonchev–Trinajstić information content (AvgIpc) is 2.32. The van der Waals surface area contributed by atoms with Crippen LogP contribution in [0.5, 0.6) is 0 Å². The van der Waals surface area contributed by atoms with Gasteiger partial charge in [0.05, 0.1) is 20.0 Å². The van der Waals surface area contributed by atoms with Gasteiger partial charge in [-0.2, -0.15) is 4.31 Å². The molecule has 1 aromatic rings. The highest BCUT2D eigenvalue weighted by molar-refractivity contribution is 7.90. The molecule has 0 saturated heterocycles. The summed E-state index contributed by atoms with van der Waals surface area (Å²) in [6.07, 6.45) is 0. The van der Waals surface area contributed by atoms with Crippen LogP contribution in [0.15, 0.2) is 15.9 Å². The minimum Gasteiger partial charge on any atom is -0.207 e. The highest BCUT2D eigenvalue weighted by Crippen LogP contribution is 2.39. The smallest absolute Gasteiger partial charge is 0.207 e. The zero-order valence-corrected chi connectivity index (χ0v) is 13.7. The van der Waals surface area contributed by atoms with E-state index in [0.29, 0.717) is 13.1 Å². The zero-order chi connectivity index (χ0) is 14.1. The predicted molar refractivity (Wildman–Crippen MR) is 78.8 cm³/mol. The van der Waals surface area contributed by atoms with E-state index >= 15 is 0 Å². The van der Waals surface area contributed by atoms with Crippen LogP contribution in [0.3, 0.4) is 0 Å². The van der Waals surface area contributed by atoms with Crippen molar-refractivity contribution in [2.45, 2.75) is 23.6 Å². The Morgan fingerprint density at radius 1 is 1.17 bits per heavy atom. The molecule has 0 bridgehead atoms. The normalized spacial score (nSPS) is 12.2. The molecule has 0 aliphatic carbocycles. The molecule has 0 aliphatic heterocycles. The van der Waals surface area contributed by atoms with Gasteiger partial charge in [0.15, 0.2) is 0 Å². The van der Waals surface area contributed by atoms with Gasteiger partial charge in [0, 0.05) is 18.0 Å². The number of thiol groups is 1. The number of halogens is 3. The first kappa shape index (κ1) is 16.4. The molecular weight excluding hydrogens is 337 g/mol. The molecule has 0 radical (unpaired) electrons. The topological polar surface area (TPSA) is 37.4 Å². The van der Waals surface area contributed by atoms with E-state index in [0.717, 1.165) is 0 Å². The van der Waals surface area contributed by atoms with Crippen molar-refractivity contribution in [1.82, 2.24) is 4.31 Å². The molecule has 102 valence electrons. The molecular formula is C10H12Cl3NO2S2. The molecule has 0 amide bonds. The largest absolute Gasteiger partial charge is 0.244 e. The number of benzene rings is 1. The van der Waals surface area contributed by atoms with E-state index in [2.05, 4.69) is 12.6 Å². The van der Waals surface area contributed by atoms with Gasteiger partial charge in [0.2, 0.25) is 10.0 Å².